The quantitative estimate of drug-likeness (QED) is 0.364. The Labute approximate surface area is 172 Å². The van der Waals surface area contributed by atoms with E-state index in [0.29, 0.717) is 18.0 Å². The smallest absolute Gasteiger partial charge is 0.244 e. The Kier molecular flexibility index (Phi) is 5.18. The Morgan fingerprint density at radius 1 is 1.03 bits per heavy atom. The van der Waals surface area contributed by atoms with E-state index >= 15 is 0 Å². The average Bonchev–Trinajstić information content (AvgIpc) is 3.40. The second kappa shape index (κ2) is 7.64. The van der Waals surface area contributed by atoms with Gasteiger partial charge in [0.05, 0.1) is 11.5 Å². The van der Waals surface area contributed by atoms with Crippen LogP contribution in [0.3, 0.4) is 0 Å². The van der Waals surface area contributed by atoms with Crippen LogP contribution < -0.4 is 0 Å². The topological polar surface area (TPSA) is 46.4 Å². The summed E-state index contributed by atoms with van der Waals surface area (Å²) >= 11 is 0. The van der Waals surface area contributed by atoms with E-state index in [9.17, 15) is 8.42 Å². The molecule has 2 atom stereocenters. The number of rotatable bonds is 5. The highest BCUT2D eigenvalue weighted by Gasteiger charge is 2.54. The van der Waals surface area contributed by atoms with Crippen LogP contribution in [0.15, 0.2) is 71.6 Å². The van der Waals surface area contributed by atoms with Crippen molar-refractivity contribution < 1.29 is 13.2 Å². The molecule has 2 unspecified atom stereocenters. The lowest BCUT2D eigenvalue weighted by atomic mass is 10.1. The number of benzene rings is 3. The van der Waals surface area contributed by atoms with E-state index < -0.39 is 15.6 Å². The summed E-state index contributed by atoms with van der Waals surface area (Å²) in [4.78, 5) is 0.307. The fourth-order valence-electron chi connectivity index (χ4n) is 3.31. The number of ether oxygens (including phenoxy) is 1. The summed E-state index contributed by atoms with van der Waals surface area (Å²) in [5, 5.41) is 2.38. The van der Waals surface area contributed by atoms with Crippen LogP contribution in [-0.4, -0.2) is 31.4 Å². The predicted octanol–water partition coefficient (Wildman–Crippen LogP) is 4.13. The van der Waals surface area contributed by atoms with Gasteiger partial charge in [-0.1, -0.05) is 65.9 Å². The Morgan fingerprint density at radius 2 is 1.76 bits per heavy atom. The minimum Gasteiger partial charge on any atom is -0.364 e. The zero-order valence-corrected chi connectivity index (χ0v) is 17.4. The van der Waals surface area contributed by atoms with Crippen molar-refractivity contribution in [2.24, 2.45) is 0 Å². The third kappa shape index (κ3) is 4.20. The van der Waals surface area contributed by atoms with Gasteiger partial charge >= 0.3 is 0 Å². The monoisotopic (exact) mass is 405 g/mol. The summed E-state index contributed by atoms with van der Waals surface area (Å²) in [6, 6.07) is 21.3. The highest BCUT2D eigenvalue weighted by molar-refractivity contribution is 7.89. The number of fused-ring (bicyclic) bond motifs is 1. The molecule has 1 aliphatic heterocycles. The lowest BCUT2D eigenvalue weighted by Gasteiger charge is -2.08. The molecule has 0 aliphatic carbocycles. The van der Waals surface area contributed by atoms with Crippen LogP contribution in [0, 0.1) is 18.8 Å². The molecule has 1 fully saturated rings. The lowest BCUT2D eigenvalue weighted by molar-refractivity contribution is 0.153. The second-order valence-corrected chi connectivity index (χ2v) is 9.44. The molecule has 29 heavy (non-hydrogen) atoms. The maximum Gasteiger partial charge on any atom is 0.244 e. The van der Waals surface area contributed by atoms with Gasteiger partial charge in [0.2, 0.25) is 10.0 Å². The van der Waals surface area contributed by atoms with Gasteiger partial charge in [0.15, 0.2) is 0 Å². The lowest BCUT2D eigenvalue weighted by Crippen LogP contribution is -2.20. The summed E-state index contributed by atoms with van der Waals surface area (Å²) < 4.78 is 32.6. The van der Waals surface area contributed by atoms with Crippen LogP contribution >= 0.6 is 0 Å². The molecular weight excluding hydrogens is 382 g/mol. The molecule has 1 heterocycles. The molecule has 1 saturated heterocycles. The van der Waals surface area contributed by atoms with Crippen molar-refractivity contribution >= 4 is 20.8 Å². The zero-order valence-electron chi connectivity index (χ0n) is 16.6. The maximum atomic E-state index is 12.7. The molecule has 3 aromatic rings. The Bertz CT molecular complexity index is 1210. The van der Waals surface area contributed by atoms with Crippen molar-refractivity contribution in [3.8, 4) is 11.8 Å². The minimum atomic E-state index is -3.51. The van der Waals surface area contributed by atoms with Crippen molar-refractivity contribution in [1.29, 1.82) is 0 Å². The van der Waals surface area contributed by atoms with Crippen molar-refractivity contribution in [3.05, 3.63) is 77.9 Å². The molecule has 0 bridgehead atoms. The fraction of sp³-hybridized carbons (Fsp3) is 0.250. The second-order valence-electron chi connectivity index (χ2n) is 7.57. The molecule has 4 rings (SSSR count). The number of hydrogen-bond acceptors (Lipinski definition) is 3. The molecule has 0 radical (unpaired) electrons. The third-order valence-electron chi connectivity index (χ3n) is 5.12. The highest BCUT2D eigenvalue weighted by atomic mass is 32.2. The van der Waals surface area contributed by atoms with Gasteiger partial charge in [0.25, 0.3) is 0 Å². The van der Waals surface area contributed by atoms with E-state index in [1.807, 2.05) is 32.0 Å². The summed E-state index contributed by atoms with van der Waals surface area (Å²) in [5.74, 6) is 6.04. The number of hydrogen-bond donors (Lipinski definition) is 0. The van der Waals surface area contributed by atoms with E-state index in [0.717, 1.165) is 11.1 Å². The van der Waals surface area contributed by atoms with Crippen molar-refractivity contribution in [2.75, 3.05) is 13.2 Å². The van der Waals surface area contributed by atoms with Gasteiger partial charge in [0.1, 0.15) is 12.1 Å². The van der Waals surface area contributed by atoms with E-state index in [4.69, 9.17) is 4.74 Å². The molecular formula is C24H23NO3S. The largest absolute Gasteiger partial charge is 0.364 e. The van der Waals surface area contributed by atoms with Crippen LogP contribution in [0.5, 0.6) is 0 Å². The molecule has 3 aromatic carbocycles. The van der Waals surface area contributed by atoms with E-state index in [2.05, 4.69) is 36.1 Å². The van der Waals surface area contributed by atoms with Gasteiger partial charge in [-0.3, -0.25) is 0 Å². The summed E-state index contributed by atoms with van der Waals surface area (Å²) in [7, 11) is -3.51. The van der Waals surface area contributed by atoms with Crippen LogP contribution in [0.2, 0.25) is 0 Å². The molecule has 0 spiro atoms. The first-order chi connectivity index (χ1) is 13.9. The molecule has 148 valence electrons. The summed E-state index contributed by atoms with van der Waals surface area (Å²) in [5.41, 5.74) is 1.46. The van der Waals surface area contributed by atoms with Gasteiger partial charge in [-0.15, -0.1) is 0 Å². The standard InChI is InChI=1S/C24H23NO3S/c1-19-8-12-23(13-9-19)29(26,27)25-18-24(25,2)14-5-15-28-17-20-10-11-21-6-3-4-7-22(21)16-20/h3-4,6-13,16H,15,17-18H2,1-2H3. The van der Waals surface area contributed by atoms with Crippen molar-refractivity contribution in [2.45, 2.75) is 30.9 Å². The normalized spacial score (nSPS) is 20.8. The summed E-state index contributed by atoms with van der Waals surface area (Å²) in [6.07, 6.45) is 0. The Balaban J connectivity index is 1.34. The van der Waals surface area contributed by atoms with E-state index in [1.165, 1.54) is 15.1 Å². The molecule has 1 aliphatic rings. The molecule has 0 saturated carbocycles. The maximum absolute atomic E-state index is 12.7. The molecule has 0 N–H and O–H groups in total. The first kappa shape index (κ1) is 19.7. The third-order valence-corrected chi connectivity index (χ3v) is 7.10. The van der Waals surface area contributed by atoms with Gasteiger partial charge in [-0.05, 0) is 48.4 Å². The summed E-state index contributed by atoms with van der Waals surface area (Å²) in [6.45, 7) is 4.92. The Hall–Kier alpha value is -2.65. The first-order valence-corrected chi connectivity index (χ1v) is 11.0. The minimum absolute atomic E-state index is 0.265. The number of nitrogens with zero attached hydrogens (tertiary/aromatic N) is 1. The van der Waals surface area contributed by atoms with Gasteiger partial charge in [-0.2, -0.15) is 4.31 Å². The van der Waals surface area contributed by atoms with Crippen LogP contribution in [0.25, 0.3) is 10.8 Å². The highest BCUT2D eigenvalue weighted by Crippen LogP contribution is 2.37. The molecule has 5 heteroatoms. The van der Waals surface area contributed by atoms with Crippen molar-refractivity contribution in [3.63, 3.8) is 0 Å². The van der Waals surface area contributed by atoms with Gasteiger partial charge < -0.3 is 4.74 Å². The molecule has 4 nitrogen and oxygen atoms in total. The predicted molar refractivity (Wildman–Crippen MR) is 115 cm³/mol. The van der Waals surface area contributed by atoms with Crippen molar-refractivity contribution in [1.82, 2.24) is 4.31 Å². The molecule has 0 amide bonds. The van der Waals surface area contributed by atoms with E-state index in [1.54, 1.807) is 24.3 Å². The zero-order chi connectivity index (χ0) is 20.5. The molecule has 0 aromatic heterocycles. The van der Waals surface area contributed by atoms with Crippen LogP contribution in [0.4, 0.5) is 0 Å². The number of aryl methyl sites for hydroxylation is 1. The SMILES string of the molecule is Cc1ccc(S(=O)(=O)N2CC2(C)C#CCOCc2ccc3ccccc3c2)cc1. The van der Waals surface area contributed by atoms with Gasteiger partial charge in [0, 0.05) is 6.54 Å². The first-order valence-electron chi connectivity index (χ1n) is 9.53. The average molecular weight is 406 g/mol. The van der Waals surface area contributed by atoms with Crippen LogP contribution in [0.1, 0.15) is 18.1 Å². The van der Waals surface area contributed by atoms with Crippen LogP contribution in [-0.2, 0) is 21.4 Å². The fourth-order valence-corrected chi connectivity index (χ4v) is 5.04. The Morgan fingerprint density at radius 3 is 2.52 bits per heavy atom. The van der Waals surface area contributed by atoms with Gasteiger partial charge in [-0.25, -0.2) is 8.42 Å². The van der Waals surface area contributed by atoms with E-state index in [-0.39, 0.29) is 6.61 Å². The number of sulfonamides is 1.